The van der Waals surface area contributed by atoms with Crippen molar-refractivity contribution in [1.29, 1.82) is 0 Å². The van der Waals surface area contributed by atoms with E-state index in [2.05, 4.69) is 13.8 Å². The van der Waals surface area contributed by atoms with Crippen LogP contribution in [0.15, 0.2) is 12.1 Å². The Morgan fingerprint density at radius 1 is 0.533 bits per heavy atom. The summed E-state index contributed by atoms with van der Waals surface area (Å²) in [5.41, 5.74) is 3.63. The fourth-order valence-corrected chi connectivity index (χ4v) is 3.22. The Kier molecular flexibility index (Phi) is 30.5. The van der Waals surface area contributed by atoms with Crippen molar-refractivity contribution in [2.24, 2.45) is 0 Å². The van der Waals surface area contributed by atoms with Gasteiger partial charge in [-0.2, -0.15) is 0 Å². The average Bonchev–Trinajstić information content (AvgIpc) is 2.83. The van der Waals surface area contributed by atoms with Crippen LogP contribution in [0, 0.1) is 0 Å². The Labute approximate surface area is 189 Å². The molecular weight excluding hydrogens is 368 g/mol. The van der Waals surface area contributed by atoms with Crippen LogP contribution in [-0.2, 0) is 12.8 Å². The molecule has 0 saturated heterocycles. The molecule has 0 bridgehead atoms. The van der Waals surface area contributed by atoms with Gasteiger partial charge in [0.1, 0.15) is 12.6 Å². The SMILES string of the molecule is CC.CC.CC.CCCCCCCCc1cc(C=O)c(CCCCCC)cc1C=O. The highest BCUT2D eigenvalue weighted by atomic mass is 16.1. The molecule has 0 N–H and O–H groups in total. The lowest BCUT2D eigenvalue weighted by Gasteiger charge is -2.11. The molecule has 30 heavy (non-hydrogen) atoms. The minimum atomic E-state index is 0.776. The maximum absolute atomic E-state index is 11.4. The number of rotatable bonds is 14. The van der Waals surface area contributed by atoms with Crippen LogP contribution in [0.4, 0.5) is 0 Å². The molecule has 0 aromatic heterocycles. The van der Waals surface area contributed by atoms with Crippen LogP contribution in [0.2, 0.25) is 0 Å². The lowest BCUT2D eigenvalue weighted by atomic mass is 9.93. The Bertz CT molecular complexity index is 492. The van der Waals surface area contributed by atoms with E-state index in [1.807, 2.05) is 53.7 Å². The highest BCUT2D eigenvalue weighted by Crippen LogP contribution is 2.20. The van der Waals surface area contributed by atoms with Gasteiger partial charge in [0.2, 0.25) is 0 Å². The first-order chi connectivity index (χ1) is 14.8. The third-order valence-corrected chi connectivity index (χ3v) is 4.75. The van der Waals surface area contributed by atoms with E-state index in [9.17, 15) is 9.59 Å². The van der Waals surface area contributed by atoms with E-state index < -0.39 is 0 Å². The third-order valence-electron chi connectivity index (χ3n) is 4.75. The summed E-state index contributed by atoms with van der Waals surface area (Å²) in [5.74, 6) is 0. The number of aryl methyl sites for hydroxylation is 2. The fourth-order valence-electron chi connectivity index (χ4n) is 3.22. The predicted octanol–water partition coefficient (Wildman–Crippen LogP) is 9.42. The number of benzene rings is 1. The summed E-state index contributed by atoms with van der Waals surface area (Å²) in [5, 5.41) is 0. The van der Waals surface area contributed by atoms with E-state index >= 15 is 0 Å². The van der Waals surface area contributed by atoms with Gasteiger partial charge in [-0.25, -0.2) is 0 Å². The normalized spacial score (nSPS) is 9.20. The lowest BCUT2D eigenvalue weighted by Crippen LogP contribution is -2.01. The van der Waals surface area contributed by atoms with E-state index in [0.717, 1.165) is 60.5 Å². The van der Waals surface area contributed by atoms with Gasteiger partial charge in [0.15, 0.2) is 0 Å². The molecule has 0 saturated carbocycles. The maximum Gasteiger partial charge on any atom is 0.150 e. The zero-order valence-corrected chi connectivity index (χ0v) is 21.6. The van der Waals surface area contributed by atoms with E-state index in [-0.39, 0.29) is 0 Å². The van der Waals surface area contributed by atoms with Gasteiger partial charge in [-0.1, -0.05) is 107 Å². The number of carbonyl (C=O) groups is 2. The summed E-state index contributed by atoms with van der Waals surface area (Å²) < 4.78 is 0. The molecular formula is C28H52O2. The second-order valence-corrected chi connectivity index (χ2v) is 6.81. The molecule has 0 aliphatic heterocycles. The van der Waals surface area contributed by atoms with E-state index in [1.54, 1.807) is 0 Å². The second kappa shape index (κ2) is 27.6. The summed E-state index contributed by atoms with van der Waals surface area (Å²) in [6.45, 7) is 16.4. The molecule has 0 aliphatic rings. The van der Waals surface area contributed by atoms with Crippen LogP contribution in [0.1, 0.15) is 151 Å². The van der Waals surface area contributed by atoms with Crippen molar-refractivity contribution in [3.05, 3.63) is 34.4 Å². The summed E-state index contributed by atoms with van der Waals surface area (Å²) in [6.07, 6.45) is 15.8. The van der Waals surface area contributed by atoms with Gasteiger partial charge in [-0.05, 0) is 48.9 Å². The van der Waals surface area contributed by atoms with Crippen molar-refractivity contribution in [2.75, 3.05) is 0 Å². The first kappa shape index (κ1) is 33.2. The van der Waals surface area contributed by atoms with Crippen LogP contribution in [0.25, 0.3) is 0 Å². The van der Waals surface area contributed by atoms with E-state index in [1.165, 1.54) is 51.4 Å². The summed E-state index contributed by atoms with van der Waals surface area (Å²) in [7, 11) is 0. The number of hydrogen-bond donors (Lipinski definition) is 0. The molecule has 2 nitrogen and oxygen atoms in total. The predicted molar refractivity (Wildman–Crippen MR) is 136 cm³/mol. The van der Waals surface area contributed by atoms with Crippen LogP contribution >= 0.6 is 0 Å². The Morgan fingerprint density at radius 3 is 1.17 bits per heavy atom. The molecule has 176 valence electrons. The van der Waals surface area contributed by atoms with Crippen LogP contribution in [0.3, 0.4) is 0 Å². The molecule has 1 aromatic carbocycles. The van der Waals surface area contributed by atoms with Gasteiger partial charge in [0.05, 0.1) is 0 Å². The van der Waals surface area contributed by atoms with Crippen molar-refractivity contribution in [3.63, 3.8) is 0 Å². The van der Waals surface area contributed by atoms with Crippen molar-refractivity contribution in [2.45, 2.75) is 132 Å². The molecule has 0 amide bonds. The average molecular weight is 421 g/mol. The van der Waals surface area contributed by atoms with Gasteiger partial charge in [-0.3, -0.25) is 9.59 Å². The lowest BCUT2D eigenvalue weighted by molar-refractivity contribution is 0.111. The first-order valence-corrected chi connectivity index (χ1v) is 12.8. The molecule has 0 unspecified atom stereocenters. The number of carbonyl (C=O) groups excluding carboxylic acids is 2. The largest absolute Gasteiger partial charge is 0.298 e. The molecule has 0 aliphatic carbocycles. The summed E-state index contributed by atoms with van der Waals surface area (Å²) in [4.78, 5) is 22.9. The van der Waals surface area contributed by atoms with Crippen LogP contribution < -0.4 is 0 Å². The van der Waals surface area contributed by atoms with Crippen molar-refractivity contribution < 1.29 is 9.59 Å². The molecule has 0 atom stereocenters. The fraction of sp³-hybridized carbons (Fsp3) is 0.714. The standard InChI is InChI=1S/C22H34O2.3C2H6/c1-3-5-7-9-10-12-14-20-16-21(17-23)19(15-22(20)18-24)13-11-8-6-4-2;3*1-2/h15-18H,3-14H2,1-2H3;3*1-2H3. The third kappa shape index (κ3) is 16.4. The summed E-state index contributed by atoms with van der Waals surface area (Å²) in [6, 6.07) is 3.91. The maximum atomic E-state index is 11.4. The minimum Gasteiger partial charge on any atom is -0.298 e. The van der Waals surface area contributed by atoms with Gasteiger partial charge in [-0.15, -0.1) is 0 Å². The van der Waals surface area contributed by atoms with Crippen molar-refractivity contribution in [3.8, 4) is 0 Å². The molecule has 0 spiro atoms. The van der Waals surface area contributed by atoms with Gasteiger partial charge in [0, 0.05) is 11.1 Å². The molecule has 0 heterocycles. The van der Waals surface area contributed by atoms with Crippen LogP contribution in [0.5, 0.6) is 0 Å². The smallest absolute Gasteiger partial charge is 0.150 e. The topological polar surface area (TPSA) is 34.1 Å². The molecule has 2 heteroatoms. The number of aldehydes is 2. The second-order valence-electron chi connectivity index (χ2n) is 6.81. The molecule has 1 aromatic rings. The van der Waals surface area contributed by atoms with Gasteiger partial charge in [0.25, 0.3) is 0 Å². The Morgan fingerprint density at radius 2 is 0.833 bits per heavy atom. The van der Waals surface area contributed by atoms with Crippen LogP contribution in [-0.4, -0.2) is 12.6 Å². The highest BCUT2D eigenvalue weighted by molar-refractivity contribution is 5.83. The molecule has 1 rings (SSSR count). The Hall–Kier alpha value is -1.44. The number of unbranched alkanes of at least 4 members (excludes halogenated alkanes) is 8. The zero-order chi connectivity index (χ0) is 23.6. The minimum absolute atomic E-state index is 0.776. The van der Waals surface area contributed by atoms with E-state index in [4.69, 9.17) is 0 Å². The quantitative estimate of drug-likeness (QED) is 0.222. The highest BCUT2D eigenvalue weighted by Gasteiger charge is 2.09. The molecule has 0 radical (unpaired) electrons. The summed E-state index contributed by atoms with van der Waals surface area (Å²) >= 11 is 0. The Balaban J connectivity index is -0.00000111. The number of hydrogen-bond acceptors (Lipinski definition) is 2. The van der Waals surface area contributed by atoms with Gasteiger partial charge >= 0.3 is 0 Å². The molecule has 0 fully saturated rings. The van der Waals surface area contributed by atoms with E-state index in [0.29, 0.717) is 0 Å². The zero-order valence-electron chi connectivity index (χ0n) is 21.6. The van der Waals surface area contributed by atoms with Gasteiger partial charge < -0.3 is 0 Å². The first-order valence-electron chi connectivity index (χ1n) is 12.8. The van der Waals surface area contributed by atoms with Crippen molar-refractivity contribution in [1.82, 2.24) is 0 Å². The monoisotopic (exact) mass is 420 g/mol. The van der Waals surface area contributed by atoms with Crippen molar-refractivity contribution >= 4 is 12.6 Å².